The van der Waals surface area contributed by atoms with E-state index in [9.17, 15) is 0 Å². The molecule has 0 bridgehead atoms. The van der Waals surface area contributed by atoms with Crippen molar-refractivity contribution in [1.29, 1.82) is 0 Å². The van der Waals surface area contributed by atoms with Gasteiger partial charge in [0.15, 0.2) is 0 Å². The van der Waals surface area contributed by atoms with Gasteiger partial charge >= 0.3 is 0 Å². The van der Waals surface area contributed by atoms with Crippen molar-refractivity contribution in [1.82, 2.24) is 5.32 Å². The summed E-state index contributed by atoms with van der Waals surface area (Å²) in [5.74, 6) is 0. The third-order valence-electron chi connectivity index (χ3n) is 2.00. The Hall–Kier alpha value is 0.0400. The number of rotatable bonds is 2. The Kier molecular flexibility index (Phi) is 6.53. The molecule has 0 atom stereocenters. The minimum atomic E-state index is 0. The second kappa shape index (κ2) is 6.51. The summed E-state index contributed by atoms with van der Waals surface area (Å²) in [6.45, 7) is 2.16. The van der Waals surface area contributed by atoms with Gasteiger partial charge in [-0.2, -0.15) is 0 Å². The molecule has 1 aromatic rings. The van der Waals surface area contributed by atoms with Crippen LogP contribution in [0.25, 0.3) is 0 Å². The monoisotopic (exact) mass is 298 g/mol. The molecule has 1 aliphatic heterocycles. The van der Waals surface area contributed by atoms with Crippen molar-refractivity contribution >= 4 is 46.4 Å². The van der Waals surface area contributed by atoms with E-state index < -0.39 is 0 Å². The fourth-order valence-corrected chi connectivity index (χ4v) is 1.44. The fraction of sp³-hybridized carbons (Fsp3) is 0.333. The van der Waals surface area contributed by atoms with E-state index in [4.69, 9.17) is 0 Å². The van der Waals surface area contributed by atoms with Gasteiger partial charge in [0.2, 0.25) is 0 Å². The minimum absolute atomic E-state index is 0. The SMILES string of the molecule is Brc1ccc(NC2CNC2)cc1.Cl.Cl. The van der Waals surface area contributed by atoms with Crippen molar-refractivity contribution < 1.29 is 0 Å². The number of nitrogens with one attached hydrogen (secondary N) is 2. The summed E-state index contributed by atoms with van der Waals surface area (Å²) < 4.78 is 1.12. The molecule has 5 heteroatoms. The molecule has 2 N–H and O–H groups in total. The van der Waals surface area contributed by atoms with Crippen LogP contribution in [0.2, 0.25) is 0 Å². The summed E-state index contributed by atoms with van der Waals surface area (Å²) in [5, 5.41) is 6.64. The van der Waals surface area contributed by atoms with E-state index in [0.717, 1.165) is 17.6 Å². The summed E-state index contributed by atoms with van der Waals surface area (Å²) >= 11 is 3.40. The average molecular weight is 300 g/mol. The van der Waals surface area contributed by atoms with E-state index in [-0.39, 0.29) is 24.8 Å². The molecule has 0 amide bonds. The van der Waals surface area contributed by atoms with E-state index in [2.05, 4.69) is 50.8 Å². The van der Waals surface area contributed by atoms with Crippen molar-refractivity contribution in [3.63, 3.8) is 0 Å². The molecule has 0 radical (unpaired) electrons. The van der Waals surface area contributed by atoms with Crippen LogP contribution in [-0.4, -0.2) is 19.1 Å². The van der Waals surface area contributed by atoms with Crippen molar-refractivity contribution in [2.24, 2.45) is 0 Å². The molecule has 1 saturated heterocycles. The van der Waals surface area contributed by atoms with Crippen LogP contribution in [0.15, 0.2) is 28.7 Å². The van der Waals surface area contributed by atoms with Crippen molar-refractivity contribution in [3.8, 4) is 0 Å². The van der Waals surface area contributed by atoms with Gasteiger partial charge in [0.05, 0.1) is 6.04 Å². The number of benzene rings is 1. The first-order valence-corrected chi connectivity index (χ1v) is 4.87. The lowest BCUT2D eigenvalue weighted by atomic mass is 10.1. The van der Waals surface area contributed by atoms with Gasteiger partial charge in [-0.15, -0.1) is 24.8 Å². The molecule has 0 spiro atoms. The Labute approximate surface area is 105 Å². The minimum Gasteiger partial charge on any atom is -0.380 e. The second-order valence-corrected chi connectivity index (χ2v) is 3.92. The highest BCUT2D eigenvalue weighted by Gasteiger charge is 2.15. The molecule has 1 aliphatic rings. The summed E-state index contributed by atoms with van der Waals surface area (Å²) in [4.78, 5) is 0. The zero-order chi connectivity index (χ0) is 8.39. The van der Waals surface area contributed by atoms with Crippen molar-refractivity contribution in [2.75, 3.05) is 18.4 Å². The Morgan fingerprint density at radius 3 is 2.14 bits per heavy atom. The van der Waals surface area contributed by atoms with Gasteiger partial charge in [-0.3, -0.25) is 0 Å². The third kappa shape index (κ3) is 3.65. The number of anilines is 1. The standard InChI is InChI=1S/C9H11BrN2.2ClH/c10-7-1-3-8(4-2-7)12-9-5-11-6-9;;/h1-4,9,11-12H,5-6H2;2*1H. The normalized spacial score (nSPS) is 14.6. The summed E-state index contributed by atoms with van der Waals surface area (Å²) in [6, 6.07) is 8.89. The average Bonchev–Trinajstić information content (AvgIpc) is 2.00. The van der Waals surface area contributed by atoms with Crippen LogP contribution < -0.4 is 10.6 Å². The van der Waals surface area contributed by atoms with Crippen LogP contribution >= 0.6 is 40.7 Å². The highest BCUT2D eigenvalue weighted by molar-refractivity contribution is 9.10. The second-order valence-electron chi connectivity index (χ2n) is 3.01. The largest absolute Gasteiger partial charge is 0.380 e. The highest BCUT2D eigenvalue weighted by Crippen LogP contribution is 2.15. The zero-order valence-electron chi connectivity index (χ0n) is 7.50. The van der Waals surface area contributed by atoms with Crippen molar-refractivity contribution in [3.05, 3.63) is 28.7 Å². The Bertz CT molecular complexity index is 262. The number of halogens is 3. The molecule has 1 fully saturated rings. The maximum Gasteiger partial charge on any atom is 0.0510 e. The van der Waals surface area contributed by atoms with Crippen LogP contribution in [0.3, 0.4) is 0 Å². The first-order chi connectivity index (χ1) is 5.84. The number of hydrogen-bond acceptors (Lipinski definition) is 2. The molecule has 0 aliphatic carbocycles. The third-order valence-corrected chi connectivity index (χ3v) is 2.53. The smallest absolute Gasteiger partial charge is 0.0510 e. The van der Waals surface area contributed by atoms with Crippen molar-refractivity contribution in [2.45, 2.75) is 6.04 Å². The number of hydrogen-bond donors (Lipinski definition) is 2. The molecule has 80 valence electrons. The lowest BCUT2D eigenvalue weighted by Crippen LogP contribution is -2.51. The van der Waals surface area contributed by atoms with Gasteiger partial charge in [-0.25, -0.2) is 0 Å². The molecule has 0 aromatic heterocycles. The molecule has 14 heavy (non-hydrogen) atoms. The summed E-state index contributed by atoms with van der Waals surface area (Å²) in [5.41, 5.74) is 1.20. The van der Waals surface area contributed by atoms with E-state index in [1.165, 1.54) is 5.69 Å². The summed E-state index contributed by atoms with van der Waals surface area (Å²) in [7, 11) is 0. The predicted molar refractivity (Wildman–Crippen MR) is 68.9 cm³/mol. The molecule has 0 unspecified atom stereocenters. The van der Waals surface area contributed by atoms with Gasteiger partial charge in [0.25, 0.3) is 0 Å². The molecule has 0 saturated carbocycles. The molecule has 2 nitrogen and oxygen atoms in total. The molecule has 1 aromatic carbocycles. The van der Waals surface area contributed by atoms with Crippen LogP contribution in [0, 0.1) is 0 Å². The van der Waals surface area contributed by atoms with Gasteiger partial charge in [-0.05, 0) is 24.3 Å². The van der Waals surface area contributed by atoms with E-state index in [1.807, 2.05) is 0 Å². The molecular formula is C9H13BrCl2N2. The highest BCUT2D eigenvalue weighted by atomic mass is 79.9. The van der Waals surface area contributed by atoms with E-state index in [1.54, 1.807) is 0 Å². The van der Waals surface area contributed by atoms with E-state index in [0.29, 0.717) is 6.04 Å². The predicted octanol–water partition coefficient (Wildman–Crippen LogP) is 2.68. The van der Waals surface area contributed by atoms with Crippen LogP contribution in [0.1, 0.15) is 0 Å². The summed E-state index contributed by atoms with van der Waals surface area (Å²) in [6.07, 6.45) is 0. The maximum atomic E-state index is 3.42. The van der Waals surface area contributed by atoms with Crippen LogP contribution in [0.5, 0.6) is 0 Å². The fourth-order valence-electron chi connectivity index (χ4n) is 1.17. The Balaban J connectivity index is 0.000000845. The van der Waals surface area contributed by atoms with Crippen LogP contribution in [0.4, 0.5) is 5.69 Å². The zero-order valence-corrected chi connectivity index (χ0v) is 10.7. The maximum absolute atomic E-state index is 3.42. The van der Waals surface area contributed by atoms with Gasteiger partial charge in [0, 0.05) is 23.2 Å². The topological polar surface area (TPSA) is 24.1 Å². The Morgan fingerprint density at radius 2 is 1.71 bits per heavy atom. The van der Waals surface area contributed by atoms with Gasteiger partial charge in [-0.1, -0.05) is 15.9 Å². The quantitative estimate of drug-likeness (QED) is 0.877. The van der Waals surface area contributed by atoms with Crippen LogP contribution in [-0.2, 0) is 0 Å². The lowest BCUT2D eigenvalue weighted by molar-refractivity contribution is 0.472. The first kappa shape index (κ1) is 14.0. The Morgan fingerprint density at radius 1 is 1.14 bits per heavy atom. The van der Waals surface area contributed by atoms with Gasteiger partial charge < -0.3 is 10.6 Å². The molecular weight excluding hydrogens is 287 g/mol. The molecule has 2 rings (SSSR count). The first-order valence-electron chi connectivity index (χ1n) is 4.07. The van der Waals surface area contributed by atoms with E-state index >= 15 is 0 Å². The molecule has 1 heterocycles. The lowest BCUT2D eigenvalue weighted by Gasteiger charge is -2.28. The van der Waals surface area contributed by atoms with Gasteiger partial charge in [0.1, 0.15) is 0 Å².